The first-order valence-corrected chi connectivity index (χ1v) is 8.64. The maximum atomic E-state index is 12.8. The zero-order valence-corrected chi connectivity index (χ0v) is 12.9. The second-order valence-electron chi connectivity index (χ2n) is 4.56. The molecule has 5 nitrogen and oxygen atoms in total. The molecule has 1 aromatic heterocycles. The Kier molecular flexibility index (Phi) is 3.46. The molecule has 1 aliphatic heterocycles. The van der Waals surface area contributed by atoms with E-state index < -0.39 is 16.0 Å². The normalized spacial score (nSPS) is 14.0. The molecule has 0 aliphatic carbocycles. The first-order chi connectivity index (χ1) is 10.1. The van der Waals surface area contributed by atoms with E-state index >= 15 is 0 Å². The number of carbonyl (C=O) groups is 1. The molecule has 0 spiro atoms. The van der Waals surface area contributed by atoms with Crippen molar-refractivity contribution < 1.29 is 17.9 Å². The number of fused-ring (bicyclic) bond motifs is 1. The molecule has 2 aromatic rings. The average Bonchev–Trinajstić information content (AvgIpc) is 3.13. The molecule has 1 aliphatic rings. The molecule has 0 radical (unpaired) electrons. The predicted octanol–water partition coefficient (Wildman–Crippen LogP) is 2.29. The van der Waals surface area contributed by atoms with E-state index in [4.69, 9.17) is 0 Å². The van der Waals surface area contributed by atoms with Gasteiger partial charge >= 0.3 is 5.97 Å². The molecule has 0 saturated carbocycles. The molecule has 0 bridgehead atoms. The first-order valence-electron chi connectivity index (χ1n) is 6.32. The molecule has 3 rings (SSSR count). The molecular weight excluding hydrogens is 310 g/mol. The zero-order chi connectivity index (χ0) is 15.0. The van der Waals surface area contributed by atoms with Gasteiger partial charge < -0.3 is 4.74 Å². The van der Waals surface area contributed by atoms with Gasteiger partial charge in [-0.25, -0.2) is 13.2 Å². The average molecular weight is 323 g/mol. The van der Waals surface area contributed by atoms with Crippen molar-refractivity contribution in [3.05, 3.63) is 46.2 Å². The minimum absolute atomic E-state index is 0.0102. The van der Waals surface area contributed by atoms with Crippen molar-refractivity contribution in [2.24, 2.45) is 0 Å². The van der Waals surface area contributed by atoms with E-state index in [2.05, 4.69) is 4.74 Å². The minimum Gasteiger partial charge on any atom is -0.465 e. The summed E-state index contributed by atoms with van der Waals surface area (Å²) in [6.45, 7) is 0.387. The van der Waals surface area contributed by atoms with Crippen LogP contribution in [0.5, 0.6) is 0 Å². The van der Waals surface area contributed by atoms with Crippen LogP contribution >= 0.6 is 11.3 Å². The van der Waals surface area contributed by atoms with E-state index in [0.29, 0.717) is 18.7 Å². The molecule has 1 aromatic carbocycles. The summed E-state index contributed by atoms with van der Waals surface area (Å²) in [4.78, 5) is 11.8. The minimum atomic E-state index is -3.75. The third kappa shape index (κ3) is 2.22. The molecule has 7 heteroatoms. The third-order valence-corrected chi connectivity index (χ3v) is 6.29. The van der Waals surface area contributed by atoms with Gasteiger partial charge in [0.05, 0.1) is 12.8 Å². The van der Waals surface area contributed by atoms with Crippen LogP contribution in [0.3, 0.4) is 0 Å². The summed E-state index contributed by atoms with van der Waals surface area (Å²) in [5, 5.41) is 1.58. The quantitative estimate of drug-likeness (QED) is 0.813. The van der Waals surface area contributed by atoms with Crippen molar-refractivity contribution in [1.29, 1.82) is 0 Å². The van der Waals surface area contributed by atoms with Gasteiger partial charge in [0.15, 0.2) is 0 Å². The molecule has 2 heterocycles. The second kappa shape index (κ2) is 5.16. The summed E-state index contributed by atoms with van der Waals surface area (Å²) in [6.07, 6.45) is 0.674. The van der Waals surface area contributed by atoms with Gasteiger partial charge in [0.1, 0.15) is 9.77 Å². The van der Waals surface area contributed by atoms with Crippen LogP contribution < -0.4 is 4.31 Å². The van der Waals surface area contributed by atoms with Crippen LogP contribution in [0.1, 0.15) is 15.2 Å². The van der Waals surface area contributed by atoms with Gasteiger partial charge in [-0.05, 0) is 29.5 Å². The molecule has 0 saturated heterocycles. The van der Waals surface area contributed by atoms with Crippen molar-refractivity contribution in [3.8, 4) is 0 Å². The summed E-state index contributed by atoms with van der Waals surface area (Å²) in [6, 6.07) is 8.85. The van der Waals surface area contributed by atoms with Gasteiger partial charge in [-0.15, -0.1) is 11.3 Å². The third-order valence-electron chi connectivity index (χ3n) is 3.41. The van der Waals surface area contributed by atoms with E-state index in [1.54, 1.807) is 11.4 Å². The SMILES string of the molecule is COC(=O)c1sccc1S(=O)(=O)N1CCc2ccccc21. The molecule has 0 unspecified atom stereocenters. The number of methoxy groups -OCH3 is 1. The summed E-state index contributed by atoms with van der Waals surface area (Å²) in [5.41, 5.74) is 1.68. The molecular formula is C14H13NO4S2. The molecule has 0 N–H and O–H groups in total. The topological polar surface area (TPSA) is 63.7 Å². The standard InChI is InChI=1S/C14H13NO4S2/c1-19-14(16)13-12(7-9-20-13)21(17,18)15-8-6-10-4-2-3-5-11(10)15/h2-5,7,9H,6,8H2,1H3. The Balaban J connectivity index is 2.07. The van der Waals surface area contributed by atoms with Crippen LogP contribution in [0.25, 0.3) is 0 Å². The fraction of sp³-hybridized carbons (Fsp3) is 0.214. The zero-order valence-electron chi connectivity index (χ0n) is 11.3. The summed E-state index contributed by atoms with van der Waals surface area (Å²) in [5.74, 6) is -0.629. The number of nitrogens with zero attached hydrogens (tertiary/aromatic N) is 1. The number of hydrogen-bond acceptors (Lipinski definition) is 5. The maximum absolute atomic E-state index is 12.8. The summed E-state index contributed by atoms with van der Waals surface area (Å²) < 4.78 is 31.7. The molecule has 21 heavy (non-hydrogen) atoms. The van der Waals surface area contributed by atoms with Crippen LogP contribution in [0.4, 0.5) is 5.69 Å². The van der Waals surface area contributed by atoms with Gasteiger partial charge in [-0.3, -0.25) is 4.31 Å². The number of sulfonamides is 1. The molecule has 0 amide bonds. The van der Waals surface area contributed by atoms with Crippen LogP contribution in [-0.4, -0.2) is 28.0 Å². The van der Waals surface area contributed by atoms with Gasteiger partial charge in [0.25, 0.3) is 10.0 Å². The highest BCUT2D eigenvalue weighted by molar-refractivity contribution is 7.93. The van der Waals surface area contributed by atoms with E-state index in [1.807, 2.05) is 18.2 Å². The van der Waals surface area contributed by atoms with Crippen molar-refractivity contribution in [1.82, 2.24) is 0 Å². The maximum Gasteiger partial charge on any atom is 0.349 e. The van der Waals surface area contributed by atoms with E-state index in [0.717, 1.165) is 16.9 Å². The van der Waals surface area contributed by atoms with Crippen LogP contribution in [0.15, 0.2) is 40.6 Å². The summed E-state index contributed by atoms with van der Waals surface area (Å²) >= 11 is 1.07. The fourth-order valence-electron chi connectivity index (χ4n) is 2.42. The van der Waals surface area contributed by atoms with E-state index in [1.165, 1.54) is 17.5 Å². The Morgan fingerprint density at radius 3 is 2.81 bits per heavy atom. The highest BCUT2D eigenvalue weighted by atomic mass is 32.2. The van der Waals surface area contributed by atoms with Crippen molar-refractivity contribution in [2.45, 2.75) is 11.3 Å². The van der Waals surface area contributed by atoms with E-state index in [9.17, 15) is 13.2 Å². The number of hydrogen-bond donors (Lipinski definition) is 0. The summed E-state index contributed by atoms with van der Waals surface area (Å²) in [7, 11) is -2.51. The highest BCUT2D eigenvalue weighted by Crippen LogP contribution is 2.34. The number of anilines is 1. The van der Waals surface area contributed by atoms with Gasteiger partial charge in [-0.2, -0.15) is 0 Å². The van der Waals surface area contributed by atoms with Crippen LogP contribution in [0, 0.1) is 0 Å². The van der Waals surface area contributed by atoms with Crippen molar-refractivity contribution in [3.63, 3.8) is 0 Å². The van der Waals surface area contributed by atoms with Crippen LogP contribution in [-0.2, 0) is 21.2 Å². The Labute approximate surface area is 126 Å². The van der Waals surface area contributed by atoms with Gasteiger partial charge in [0, 0.05) is 6.54 Å². The van der Waals surface area contributed by atoms with Crippen molar-refractivity contribution >= 4 is 33.0 Å². The lowest BCUT2D eigenvalue weighted by atomic mass is 10.2. The lowest BCUT2D eigenvalue weighted by Crippen LogP contribution is -2.29. The Morgan fingerprint density at radius 1 is 1.29 bits per heavy atom. The fourth-order valence-corrected chi connectivity index (χ4v) is 5.23. The lowest BCUT2D eigenvalue weighted by molar-refractivity contribution is 0.0602. The number of thiophene rings is 1. The van der Waals surface area contributed by atoms with Crippen LogP contribution in [0.2, 0.25) is 0 Å². The molecule has 110 valence electrons. The molecule has 0 fully saturated rings. The molecule has 0 atom stereocenters. The largest absolute Gasteiger partial charge is 0.465 e. The Bertz CT molecular complexity index is 795. The van der Waals surface area contributed by atoms with Gasteiger partial charge in [0.2, 0.25) is 0 Å². The first kappa shape index (κ1) is 14.1. The Hall–Kier alpha value is -1.86. The van der Waals surface area contributed by atoms with Crippen molar-refractivity contribution in [2.75, 3.05) is 18.0 Å². The predicted molar refractivity (Wildman–Crippen MR) is 80.3 cm³/mol. The number of rotatable bonds is 3. The monoisotopic (exact) mass is 323 g/mol. The second-order valence-corrected chi connectivity index (χ2v) is 7.31. The number of benzene rings is 1. The lowest BCUT2D eigenvalue weighted by Gasteiger charge is -2.19. The van der Waals surface area contributed by atoms with E-state index in [-0.39, 0.29) is 9.77 Å². The number of esters is 1. The number of carbonyl (C=O) groups excluding carboxylic acids is 1. The number of ether oxygens (including phenoxy) is 1. The highest BCUT2D eigenvalue weighted by Gasteiger charge is 2.34. The van der Waals surface area contributed by atoms with Gasteiger partial charge in [-0.1, -0.05) is 18.2 Å². The Morgan fingerprint density at radius 2 is 2.05 bits per heavy atom. The number of para-hydroxylation sites is 1. The smallest absolute Gasteiger partial charge is 0.349 e.